The summed E-state index contributed by atoms with van der Waals surface area (Å²) in [6.45, 7) is 0. The Hall–Kier alpha value is -4.52. The SMILES string of the molecule is NC(=O)c1ccc(-c2ccc(C=O)nc2)cc1.NC(=O)c1ccc(B(O)O)cc1.O=Cc1ccc(Br)cn1. The quantitative estimate of drug-likeness (QED) is 0.197. The van der Waals surface area contributed by atoms with Gasteiger partial charge in [0.15, 0.2) is 12.6 Å². The molecule has 4 rings (SSSR count). The Balaban J connectivity index is 0.000000212. The first kappa shape index (κ1) is 29.7. The highest BCUT2D eigenvalue weighted by Gasteiger charge is 2.10. The van der Waals surface area contributed by atoms with Crippen LogP contribution in [0.3, 0.4) is 0 Å². The molecule has 0 saturated heterocycles. The van der Waals surface area contributed by atoms with Gasteiger partial charge in [0, 0.05) is 33.6 Å². The van der Waals surface area contributed by atoms with Gasteiger partial charge in [-0.05, 0) is 69.4 Å². The van der Waals surface area contributed by atoms with Crippen LogP contribution >= 0.6 is 15.9 Å². The molecule has 2 amide bonds. The molecule has 0 bridgehead atoms. The van der Waals surface area contributed by atoms with E-state index in [0.29, 0.717) is 40.5 Å². The Morgan fingerprint density at radius 1 is 0.684 bits per heavy atom. The predicted octanol–water partition coefficient (Wildman–Crippen LogP) is 1.78. The maximum atomic E-state index is 10.9. The first-order chi connectivity index (χ1) is 18.1. The Bertz CT molecular complexity index is 1370. The third-order valence-electron chi connectivity index (χ3n) is 4.77. The Kier molecular flexibility index (Phi) is 11.7. The summed E-state index contributed by atoms with van der Waals surface area (Å²) >= 11 is 3.20. The maximum absolute atomic E-state index is 10.9. The molecule has 0 fully saturated rings. The minimum atomic E-state index is -1.51. The summed E-state index contributed by atoms with van der Waals surface area (Å²) < 4.78 is 0.883. The van der Waals surface area contributed by atoms with Gasteiger partial charge >= 0.3 is 7.12 Å². The molecule has 0 aliphatic carbocycles. The van der Waals surface area contributed by atoms with Crippen LogP contribution in [0.5, 0.6) is 0 Å². The predicted molar refractivity (Wildman–Crippen MR) is 146 cm³/mol. The fraction of sp³-hybridized carbons (Fsp3) is 0. The van der Waals surface area contributed by atoms with E-state index < -0.39 is 18.9 Å². The van der Waals surface area contributed by atoms with E-state index in [2.05, 4.69) is 25.9 Å². The van der Waals surface area contributed by atoms with Crippen molar-refractivity contribution in [3.05, 3.63) is 112 Å². The van der Waals surface area contributed by atoms with Crippen LogP contribution in [0.25, 0.3) is 11.1 Å². The van der Waals surface area contributed by atoms with E-state index in [0.717, 1.165) is 15.6 Å². The lowest BCUT2D eigenvalue weighted by molar-refractivity contribution is 0.0992. The van der Waals surface area contributed by atoms with Crippen molar-refractivity contribution in [3.8, 4) is 11.1 Å². The Labute approximate surface area is 226 Å². The highest BCUT2D eigenvalue weighted by atomic mass is 79.9. The van der Waals surface area contributed by atoms with Crippen LogP contribution in [0.1, 0.15) is 41.7 Å². The second-order valence-corrected chi connectivity index (χ2v) is 8.33. The summed E-state index contributed by atoms with van der Waals surface area (Å²) in [5, 5.41) is 17.4. The molecular weight excluding hydrogens is 555 g/mol. The number of carbonyl (C=O) groups is 4. The average Bonchev–Trinajstić information content (AvgIpc) is 2.94. The number of benzene rings is 2. The van der Waals surface area contributed by atoms with Crippen LogP contribution in [0, 0.1) is 0 Å². The molecule has 0 aliphatic heterocycles. The van der Waals surface area contributed by atoms with Gasteiger partial charge in [0.2, 0.25) is 11.8 Å². The molecule has 2 aromatic heterocycles. The third-order valence-corrected chi connectivity index (χ3v) is 5.24. The van der Waals surface area contributed by atoms with E-state index in [4.69, 9.17) is 21.5 Å². The van der Waals surface area contributed by atoms with Gasteiger partial charge in [0.1, 0.15) is 11.4 Å². The van der Waals surface area contributed by atoms with Gasteiger partial charge in [-0.1, -0.05) is 30.3 Å². The van der Waals surface area contributed by atoms with Crippen molar-refractivity contribution in [2.24, 2.45) is 11.5 Å². The molecule has 0 radical (unpaired) electrons. The lowest BCUT2D eigenvalue weighted by Crippen LogP contribution is -2.29. The second-order valence-electron chi connectivity index (χ2n) is 7.41. The summed E-state index contributed by atoms with van der Waals surface area (Å²) in [4.78, 5) is 49.7. The molecule has 2 heterocycles. The van der Waals surface area contributed by atoms with Crippen LogP contribution < -0.4 is 16.9 Å². The molecule has 0 aliphatic rings. The van der Waals surface area contributed by atoms with Crippen molar-refractivity contribution in [3.63, 3.8) is 0 Å². The van der Waals surface area contributed by atoms with Gasteiger partial charge < -0.3 is 21.5 Å². The minimum Gasteiger partial charge on any atom is -0.423 e. The minimum absolute atomic E-state index is 0.333. The molecule has 2 aromatic carbocycles. The normalized spacial score (nSPS) is 9.55. The molecule has 38 heavy (non-hydrogen) atoms. The van der Waals surface area contributed by atoms with Gasteiger partial charge in [0.05, 0.1) is 0 Å². The molecular formula is C26H22BBrN4O6. The molecule has 0 unspecified atom stereocenters. The Morgan fingerprint density at radius 2 is 1.13 bits per heavy atom. The zero-order valence-electron chi connectivity index (χ0n) is 19.8. The molecule has 192 valence electrons. The molecule has 12 heteroatoms. The zero-order chi connectivity index (χ0) is 28.1. The summed E-state index contributed by atoms with van der Waals surface area (Å²) in [5.74, 6) is -0.986. The van der Waals surface area contributed by atoms with E-state index in [-0.39, 0.29) is 0 Å². The monoisotopic (exact) mass is 576 g/mol. The number of pyridine rings is 2. The molecule has 4 aromatic rings. The largest absolute Gasteiger partial charge is 0.488 e. The second kappa shape index (κ2) is 14.9. The first-order valence-corrected chi connectivity index (χ1v) is 11.6. The average molecular weight is 577 g/mol. The number of nitrogens with two attached hydrogens (primary N) is 2. The number of halogens is 1. The van der Waals surface area contributed by atoms with Gasteiger partial charge in [-0.3, -0.25) is 29.1 Å². The number of aromatic nitrogens is 2. The number of hydrogen-bond acceptors (Lipinski definition) is 8. The van der Waals surface area contributed by atoms with Crippen LogP contribution in [0.4, 0.5) is 0 Å². The van der Waals surface area contributed by atoms with Crippen molar-refractivity contribution in [1.82, 2.24) is 9.97 Å². The fourth-order valence-corrected chi connectivity index (χ4v) is 2.98. The summed E-state index contributed by atoms with van der Waals surface area (Å²) in [7, 11) is -1.51. The van der Waals surface area contributed by atoms with E-state index in [1.165, 1.54) is 24.3 Å². The number of hydrogen-bond donors (Lipinski definition) is 4. The van der Waals surface area contributed by atoms with E-state index in [1.807, 2.05) is 0 Å². The zero-order valence-corrected chi connectivity index (χ0v) is 21.4. The standard InChI is InChI=1S/C13H10N2O2.C7H8BNO3.C6H4BrNO/c14-13(17)10-3-1-9(2-4-10)11-5-6-12(8-16)15-7-11;9-7(10)5-1-3-6(4-2-5)8(11)12;7-5-1-2-6(4-9)8-3-5/h1-8H,(H2,14,17);1-4,11-12H,(H2,9,10);1-4H. The van der Waals surface area contributed by atoms with Gasteiger partial charge in [-0.2, -0.15) is 0 Å². The highest BCUT2D eigenvalue weighted by Crippen LogP contribution is 2.18. The molecule has 6 N–H and O–H groups in total. The number of primary amides is 2. The van der Waals surface area contributed by atoms with E-state index >= 15 is 0 Å². The van der Waals surface area contributed by atoms with Gasteiger partial charge in [-0.25, -0.2) is 0 Å². The van der Waals surface area contributed by atoms with Crippen molar-refractivity contribution in [2.45, 2.75) is 0 Å². The number of aldehydes is 2. The van der Waals surface area contributed by atoms with Crippen molar-refractivity contribution < 1.29 is 29.2 Å². The number of carbonyl (C=O) groups excluding carboxylic acids is 4. The molecule has 0 atom stereocenters. The molecule has 0 saturated carbocycles. The summed E-state index contributed by atoms with van der Waals surface area (Å²) in [6, 6.07) is 19.5. The van der Waals surface area contributed by atoms with Crippen molar-refractivity contribution >= 4 is 52.9 Å². The lowest BCUT2D eigenvalue weighted by Gasteiger charge is -2.02. The van der Waals surface area contributed by atoms with Crippen LogP contribution in [0.15, 0.2) is 89.7 Å². The van der Waals surface area contributed by atoms with Crippen LogP contribution in [-0.2, 0) is 0 Å². The summed E-state index contributed by atoms with van der Waals surface area (Å²) in [5.41, 5.74) is 13.9. The number of rotatable bonds is 6. The van der Waals surface area contributed by atoms with Crippen molar-refractivity contribution in [1.29, 1.82) is 0 Å². The highest BCUT2D eigenvalue weighted by molar-refractivity contribution is 9.10. The van der Waals surface area contributed by atoms with Crippen LogP contribution in [0.2, 0.25) is 0 Å². The topological polar surface area (TPSA) is 187 Å². The smallest absolute Gasteiger partial charge is 0.423 e. The fourth-order valence-electron chi connectivity index (χ4n) is 2.75. The molecule has 10 nitrogen and oxygen atoms in total. The number of nitrogens with zero attached hydrogens (tertiary/aromatic N) is 2. The van der Waals surface area contributed by atoms with Gasteiger partial charge in [0.25, 0.3) is 0 Å². The van der Waals surface area contributed by atoms with Crippen LogP contribution in [-0.4, -0.2) is 51.5 Å². The Morgan fingerprint density at radius 3 is 1.50 bits per heavy atom. The maximum Gasteiger partial charge on any atom is 0.488 e. The van der Waals surface area contributed by atoms with E-state index in [1.54, 1.807) is 60.9 Å². The van der Waals surface area contributed by atoms with E-state index in [9.17, 15) is 19.2 Å². The first-order valence-electron chi connectivity index (χ1n) is 10.8. The summed E-state index contributed by atoms with van der Waals surface area (Å²) in [6.07, 6.45) is 4.61. The lowest BCUT2D eigenvalue weighted by atomic mass is 9.80. The van der Waals surface area contributed by atoms with Gasteiger partial charge in [-0.15, -0.1) is 0 Å². The molecule has 0 spiro atoms. The third kappa shape index (κ3) is 9.50. The number of amides is 2. The van der Waals surface area contributed by atoms with Crippen molar-refractivity contribution in [2.75, 3.05) is 0 Å².